The molecule has 4 aliphatic rings. The molecule has 82 valence electrons. The first kappa shape index (κ1) is 9.33. The summed E-state index contributed by atoms with van der Waals surface area (Å²) in [5.41, 5.74) is -2.13. The summed E-state index contributed by atoms with van der Waals surface area (Å²) in [5.74, 6) is -1.13. The number of aliphatic carboxylic acids is 1. The lowest BCUT2D eigenvalue weighted by Crippen LogP contribution is -2.63. The van der Waals surface area contributed by atoms with E-state index in [4.69, 9.17) is 0 Å². The molecule has 0 amide bonds. The van der Waals surface area contributed by atoms with Crippen molar-refractivity contribution in [2.75, 3.05) is 0 Å². The maximum Gasteiger partial charge on any atom is 0.317 e. The van der Waals surface area contributed by atoms with Gasteiger partial charge in [-0.15, -0.1) is 0 Å². The predicted octanol–water partition coefficient (Wildman–Crippen LogP) is 0.581. The van der Waals surface area contributed by atoms with E-state index in [1.165, 1.54) is 0 Å². The van der Waals surface area contributed by atoms with Gasteiger partial charge in [-0.05, 0) is 38.0 Å². The van der Waals surface area contributed by atoms with Crippen LogP contribution in [0.3, 0.4) is 0 Å². The van der Waals surface area contributed by atoms with Crippen LogP contribution < -0.4 is 0 Å². The summed E-state index contributed by atoms with van der Waals surface area (Å²) in [6, 6.07) is 0. The maximum absolute atomic E-state index is 12.0. The van der Waals surface area contributed by atoms with E-state index >= 15 is 0 Å². The topological polar surface area (TPSA) is 74.6 Å². The number of carbonyl (C=O) groups excluding carboxylic acids is 1. The van der Waals surface area contributed by atoms with E-state index in [9.17, 15) is 19.8 Å². The smallest absolute Gasteiger partial charge is 0.317 e. The fourth-order valence-corrected chi connectivity index (χ4v) is 4.12. The Morgan fingerprint density at radius 3 is 2.67 bits per heavy atom. The second kappa shape index (κ2) is 2.43. The Bertz CT molecular complexity index is 364. The van der Waals surface area contributed by atoms with Gasteiger partial charge in [0.25, 0.3) is 0 Å². The Hall–Kier alpha value is -0.900. The Morgan fingerprint density at radius 2 is 2.07 bits per heavy atom. The molecule has 0 spiro atoms. The monoisotopic (exact) mass is 210 g/mol. The molecule has 4 fully saturated rings. The molecule has 15 heavy (non-hydrogen) atoms. The van der Waals surface area contributed by atoms with Crippen molar-refractivity contribution < 1.29 is 19.8 Å². The zero-order chi connectivity index (χ0) is 10.8. The zero-order valence-corrected chi connectivity index (χ0v) is 8.40. The Morgan fingerprint density at radius 1 is 1.33 bits per heavy atom. The van der Waals surface area contributed by atoms with Crippen LogP contribution in [-0.4, -0.2) is 27.6 Å². The molecule has 4 heteroatoms. The van der Waals surface area contributed by atoms with Crippen molar-refractivity contribution in [3.63, 3.8) is 0 Å². The molecule has 4 rings (SSSR count). The van der Waals surface area contributed by atoms with Gasteiger partial charge in [-0.25, -0.2) is 0 Å². The largest absolute Gasteiger partial charge is 0.480 e. The average molecular weight is 210 g/mol. The molecule has 0 aliphatic heterocycles. The summed E-state index contributed by atoms with van der Waals surface area (Å²) < 4.78 is 0. The van der Waals surface area contributed by atoms with E-state index in [2.05, 4.69) is 0 Å². The number of rotatable bonds is 1. The van der Waals surface area contributed by atoms with Crippen LogP contribution in [0, 0.1) is 17.3 Å². The van der Waals surface area contributed by atoms with Gasteiger partial charge in [-0.3, -0.25) is 9.59 Å². The van der Waals surface area contributed by atoms with Gasteiger partial charge < -0.3 is 10.2 Å². The molecule has 4 bridgehead atoms. The van der Waals surface area contributed by atoms with Crippen molar-refractivity contribution in [1.82, 2.24) is 0 Å². The van der Waals surface area contributed by atoms with Crippen molar-refractivity contribution in [1.29, 1.82) is 0 Å². The van der Waals surface area contributed by atoms with Gasteiger partial charge in [-0.1, -0.05) is 0 Å². The molecule has 4 atom stereocenters. The highest BCUT2D eigenvalue weighted by Crippen LogP contribution is 2.59. The lowest BCUT2D eigenvalue weighted by molar-refractivity contribution is -0.193. The third-order valence-electron chi connectivity index (χ3n) is 4.43. The van der Waals surface area contributed by atoms with E-state index < -0.39 is 17.0 Å². The van der Waals surface area contributed by atoms with Crippen LogP contribution in [0.15, 0.2) is 0 Å². The first-order valence-electron chi connectivity index (χ1n) is 5.45. The molecule has 4 unspecified atom stereocenters. The van der Waals surface area contributed by atoms with Crippen LogP contribution >= 0.6 is 0 Å². The summed E-state index contributed by atoms with van der Waals surface area (Å²) in [6.45, 7) is 0. The van der Waals surface area contributed by atoms with Crippen LogP contribution in [0.4, 0.5) is 0 Å². The number of ketones is 1. The molecular weight excluding hydrogens is 196 g/mol. The summed E-state index contributed by atoms with van der Waals surface area (Å²) in [6.07, 6.45) is 2.54. The molecule has 4 nitrogen and oxygen atoms in total. The Kier molecular flexibility index (Phi) is 1.51. The summed E-state index contributed by atoms with van der Waals surface area (Å²) in [7, 11) is 0. The molecule has 0 aromatic carbocycles. The van der Waals surface area contributed by atoms with Gasteiger partial charge in [0.05, 0.1) is 5.60 Å². The molecule has 0 heterocycles. The minimum Gasteiger partial charge on any atom is -0.480 e. The minimum atomic E-state index is -1.25. The summed E-state index contributed by atoms with van der Waals surface area (Å²) in [4.78, 5) is 23.3. The highest BCUT2D eigenvalue weighted by Gasteiger charge is 2.65. The third kappa shape index (κ3) is 1.00. The molecule has 4 saturated carbocycles. The number of carboxylic acids is 1. The van der Waals surface area contributed by atoms with Crippen molar-refractivity contribution in [2.24, 2.45) is 17.3 Å². The van der Waals surface area contributed by atoms with Crippen LogP contribution in [0.2, 0.25) is 0 Å². The van der Waals surface area contributed by atoms with Crippen LogP contribution in [0.25, 0.3) is 0 Å². The zero-order valence-electron chi connectivity index (χ0n) is 8.40. The fraction of sp³-hybridized carbons (Fsp3) is 0.818. The van der Waals surface area contributed by atoms with Crippen molar-refractivity contribution in [3.05, 3.63) is 0 Å². The number of hydrogen-bond acceptors (Lipinski definition) is 3. The number of Topliss-reactive ketones (excluding diaryl/α,β-unsaturated/α-hetero) is 1. The Labute approximate surface area is 87.3 Å². The highest BCUT2D eigenvalue weighted by atomic mass is 16.4. The van der Waals surface area contributed by atoms with Crippen LogP contribution in [-0.2, 0) is 9.59 Å². The Balaban J connectivity index is 2.09. The predicted molar refractivity (Wildman–Crippen MR) is 50.1 cm³/mol. The summed E-state index contributed by atoms with van der Waals surface area (Å²) in [5, 5.41) is 19.5. The highest BCUT2D eigenvalue weighted by molar-refractivity contribution is 6.05. The standard InChI is InChI=1S/C11H14O4/c12-8-7-1-6-2-10(15,4-7)5-11(8,3-6)9(13)14/h6-7,15H,1-5H2,(H,13,14). The van der Waals surface area contributed by atoms with Gasteiger partial charge in [-0.2, -0.15) is 0 Å². The van der Waals surface area contributed by atoms with Crippen LogP contribution in [0.5, 0.6) is 0 Å². The maximum atomic E-state index is 12.0. The lowest BCUT2D eigenvalue weighted by Gasteiger charge is -2.56. The summed E-state index contributed by atoms with van der Waals surface area (Å²) >= 11 is 0. The van der Waals surface area contributed by atoms with Crippen molar-refractivity contribution >= 4 is 11.8 Å². The van der Waals surface area contributed by atoms with E-state index in [-0.39, 0.29) is 24.0 Å². The molecule has 4 aliphatic carbocycles. The van der Waals surface area contributed by atoms with Gasteiger partial charge >= 0.3 is 5.97 Å². The average Bonchev–Trinajstić information content (AvgIpc) is 2.10. The molecule has 0 saturated heterocycles. The number of hydrogen-bond donors (Lipinski definition) is 2. The molecule has 0 radical (unpaired) electrons. The van der Waals surface area contributed by atoms with Gasteiger partial charge in [0.1, 0.15) is 5.41 Å². The molecule has 0 aromatic rings. The fourth-order valence-electron chi connectivity index (χ4n) is 4.12. The van der Waals surface area contributed by atoms with Crippen LogP contribution in [0.1, 0.15) is 32.1 Å². The van der Waals surface area contributed by atoms with E-state index in [1.807, 2.05) is 0 Å². The SMILES string of the molecule is O=C(O)C12CC3CC(CC(O)(C3)C1)C2=O. The lowest BCUT2D eigenvalue weighted by atomic mass is 9.47. The minimum absolute atomic E-state index is 0.129. The van der Waals surface area contributed by atoms with Gasteiger partial charge in [0.2, 0.25) is 0 Å². The molecule has 2 N–H and O–H groups in total. The van der Waals surface area contributed by atoms with E-state index in [0.29, 0.717) is 19.3 Å². The number of carboxylic acid groups (broad SMARTS) is 1. The molecular formula is C11H14O4. The quantitative estimate of drug-likeness (QED) is 0.621. The van der Waals surface area contributed by atoms with Crippen molar-refractivity contribution in [3.8, 4) is 0 Å². The van der Waals surface area contributed by atoms with Crippen molar-refractivity contribution in [2.45, 2.75) is 37.7 Å². The number of carbonyl (C=O) groups is 2. The number of aliphatic hydroxyl groups is 1. The second-order valence-electron chi connectivity index (χ2n) is 5.56. The normalized spacial score (nSPS) is 52.2. The second-order valence-corrected chi connectivity index (χ2v) is 5.56. The van der Waals surface area contributed by atoms with Gasteiger partial charge in [0.15, 0.2) is 5.78 Å². The van der Waals surface area contributed by atoms with E-state index in [0.717, 1.165) is 6.42 Å². The first-order valence-corrected chi connectivity index (χ1v) is 5.45. The third-order valence-corrected chi connectivity index (χ3v) is 4.43. The molecule has 0 aromatic heterocycles. The first-order chi connectivity index (χ1) is 6.95. The van der Waals surface area contributed by atoms with E-state index in [1.54, 1.807) is 0 Å². The van der Waals surface area contributed by atoms with Gasteiger partial charge in [0, 0.05) is 5.92 Å².